The highest BCUT2D eigenvalue weighted by atomic mass is 19.4. The quantitative estimate of drug-likeness (QED) is 0.720. The lowest BCUT2D eigenvalue weighted by Crippen LogP contribution is -2.04. The van der Waals surface area contributed by atoms with Crippen LogP contribution in [0.5, 0.6) is 0 Å². The van der Waals surface area contributed by atoms with E-state index in [1.807, 2.05) is 0 Å². The Balaban J connectivity index is 2.37. The van der Waals surface area contributed by atoms with Crippen LogP contribution < -0.4 is 5.10 Å². The molecule has 0 spiro atoms. The van der Waals surface area contributed by atoms with Gasteiger partial charge in [-0.2, -0.15) is 13.2 Å². The average Bonchev–Trinajstić information content (AvgIpc) is 2.67. The molecule has 0 saturated carbocycles. The molecular formula is C8H4F3N4-. The molecule has 0 fully saturated rings. The van der Waals surface area contributed by atoms with Crippen LogP contribution in [-0.2, 0) is 6.18 Å². The molecular weight excluding hydrogens is 209 g/mol. The topological polar surface area (TPSA) is 52.8 Å². The smallest absolute Gasteiger partial charge is 0.431 e. The summed E-state index contributed by atoms with van der Waals surface area (Å²) in [5.74, 6) is 0.125. The van der Waals surface area contributed by atoms with Gasteiger partial charge < -0.3 is 10.2 Å². The number of alkyl halides is 3. The lowest BCUT2D eigenvalue weighted by atomic mass is 10.3. The standard InChI is InChI=1S/C8H4F3N4/c9-8(10,11)6-4-5(14-15-6)7-12-2-1-3-13-7/h1-4H/q-1. The molecule has 2 aromatic rings. The average molecular weight is 213 g/mol. The number of halogens is 3. The third kappa shape index (κ3) is 1.95. The molecule has 0 bridgehead atoms. The second-order valence-corrected chi connectivity index (χ2v) is 2.68. The van der Waals surface area contributed by atoms with Crippen LogP contribution in [0.2, 0.25) is 0 Å². The molecule has 0 aliphatic rings. The highest BCUT2D eigenvalue weighted by molar-refractivity contribution is 5.48. The lowest BCUT2D eigenvalue weighted by Gasteiger charge is -2.01. The van der Waals surface area contributed by atoms with Crippen LogP contribution in [-0.4, -0.2) is 15.1 Å². The van der Waals surface area contributed by atoms with Crippen LogP contribution in [0, 0.1) is 0 Å². The highest BCUT2D eigenvalue weighted by Gasteiger charge is 2.31. The van der Waals surface area contributed by atoms with Crippen molar-refractivity contribution in [3.63, 3.8) is 0 Å². The van der Waals surface area contributed by atoms with Gasteiger partial charge in [0.05, 0.1) is 0 Å². The van der Waals surface area contributed by atoms with E-state index in [9.17, 15) is 13.2 Å². The maximum atomic E-state index is 12.2. The zero-order valence-corrected chi connectivity index (χ0v) is 7.23. The molecule has 0 atom stereocenters. The van der Waals surface area contributed by atoms with Crippen LogP contribution in [0.25, 0.3) is 11.5 Å². The monoisotopic (exact) mass is 213 g/mol. The highest BCUT2D eigenvalue weighted by Crippen LogP contribution is 2.28. The van der Waals surface area contributed by atoms with Crippen molar-refractivity contribution >= 4 is 0 Å². The van der Waals surface area contributed by atoms with E-state index in [-0.39, 0.29) is 11.5 Å². The van der Waals surface area contributed by atoms with Crippen molar-refractivity contribution in [2.45, 2.75) is 6.18 Å². The Morgan fingerprint density at radius 2 is 1.80 bits per heavy atom. The van der Waals surface area contributed by atoms with Gasteiger partial charge >= 0.3 is 6.18 Å². The molecule has 0 aliphatic heterocycles. The van der Waals surface area contributed by atoms with Gasteiger partial charge in [-0.15, -0.1) is 0 Å². The largest absolute Gasteiger partial charge is 0.572 e. The predicted octanol–water partition coefficient (Wildman–Crippen LogP) is 1.51. The van der Waals surface area contributed by atoms with Crippen molar-refractivity contribution in [2.24, 2.45) is 0 Å². The molecule has 0 amide bonds. The summed E-state index contributed by atoms with van der Waals surface area (Å²) in [6.07, 6.45) is -1.64. The van der Waals surface area contributed by atoms with Gasteiger partial charge in [-0.1, -0.05) is 5.69 Å². The number of hydrogen-bond donors (Lipinski definition) is 0. The third-order valence-electron chi connectivity index (χ3n) is 1.62. The van der Waals surface area contributed by atoms with Crippen molar-refractivity contribution in [2.75, 3.05) is 0 Å². The van der Waals surface area contributed by atoms with Crippen LogP contribution in [0.4, 0.5) is 13.2 Å². The fourth-order valence-electron chi connectivity index (χ4n) is 0.974. The summed E-state index contributed by atoms with van der Waals surface area (Å²) in [6, 6.07) is 2.37. The number of rotatable bonds is 1. The molecule has 2 rings (SSSR count). The molecule has 0 aromatic carbocycles. The lowest BCUT2D eigenvalue weighted by molar-refractivity contribution is -0.141. The van der Waals surface area contributed by atoms with E-state index in [1.165, 1.54) is 12.4 Å². The molecule has 0 N–H and O–H groups in total. The molecule has 15 heavy (non-hydrogen) atoms. The van der Waals surface area contributed by atoms with Crippen LogP contribution in [0.1, 0.15) is 5.69 Å². The Hall–Kier alpha value is -1.92. The van der Waals surface area contributed by atoms with Crippen molar-refractivity contribution < 1.29 is 13.2 Å². The van der Waals surface area contributed by atoms with Crippen LogP contribution in [0.3, 0.4) is 0 Å². The van der Waals surface area contributed by atoms with Gasteiger partial charge in [0.2, 0.25) is 0 Å². The number of aromatic nitrogens is 4. The summed E-state index contributed by atoms with van der Waals surface area (Å²) in [6.45, 7) is 0. The molecule has 2 aromatic heterocycles. The molecule has 0 unspecified atom stereocenters. The van der Waals surface area contributed by atoms with Crippen molar-refractivity contribution in [1.29, 1.82) is 0 Å². The second-order valence-electron chi connectivity index (χ2n) is 2.68. The van der Waals surface area contributed by atoms with Gasteiger partial charge in [0.1, 0.15) is 11.5 Å². The first kappa shape index (κ1) is 9.63. The number of nitrogens with zero attached hydrogens (tertiary/aromatic N) is 4. The Bertz CT molecular complexity index is 448. The molecule has 0 saturated heterocycles. The fraction of sp³-hybridized carbons (Fsp3) is 0.125. The summed E-state index contributed by atoms with van der Waals surface area (Å²) < 4.78 is 36.5. The summed E-state index contributed by atoms with van der Waals surface area (Å²) in [5.41, 5.74) is -1.02. The van der Waals surface area contributed by atoms with Crippen LogP contribution >= 0.6 is 0 Å². The Morgan fingerprint density at radius 1 is 1.13 bits per heavy atom. The Labute approximate surface area is 82.2 Å². The summed E-state index contributed by atoms with van der Waals surface area (Å²) in [7, 11) is 0. The SMILES string of the molecule is FC(F)(F)c1cc(-c2ncccn2)[n-]n1. The zero-order chi connectivity index (χ0) is 10.9. The van der Waals surface area contributed by atoms with Gasteiger partial charge in [0.15, 0.2) is 0 Å². The molecule has 2 heterocycles. The Kier molecular flexibility index (Phi) is 2.14. The minimum atomic E-state index is -4.49. The van der Waals surface area contributed by atoms with Gasteiger partial charge in [-0.05, 0) is 12.1 Å². The first-order chi connectivity index (χ1) is 7.07. The van der Waals surface area contributed by atoms with Crippen molar-refractivity contribution in [3.8, 4) is 11.5 Å². The maximum Gasteiger partial charge on any atom is 0.431 e. The van der Waals surface area contributed by atoms with Crippen molar-refractivity contribution in [1.82, 2.24) is 20.2 Å². The molecule has 78 valence electrons. The fourth-order valence-corrected chi connectivity index (χ4v) is 0.974. The van der Waals surface area contributed by atoms with E-state index in [4.69, 9.17) is 0 Å². The minimum Gasteiger partial charge on any atom is -0.572 e. The van der Waals surface area contributed by atoms with E-state index in [0.29, 0.717) is 0 Å². The molecule has 7 heteroatoms. The van der Waals surface area contributed by atoms with Gasteiger partial charge in [0.25, 0.3) is 0 Å². The second kappa shape index (κ2) is 3.34. The summed E-state index contributed by atoms with van der Waals surface area (Å²) >= 11 is 0. The third-order valence-corrected chi connectivity index (χ3v) is 1.62. The van der Waals surface area contributed by atoms with Gasteiger partial charge in [-0.3, -0.25) is 0 Å². The predicted molar refractivity (Wildman–Crippen MR) is 43.6 cm³/mol. The van der Waals surface area contributed by atoms with E-state index in [0.717, 1.165) is 6.07 Å². The Morgan fingerprint density at radius 3 is 2.33 bits per heavy atom. The molecule has 0 aliphatic carbocycles. The first-order valence-electron chi connectivity index (χ1n) is 3.92. The zero-order valence-electron chi connectivity index (χ0n) is 7.23. The van der Waals surface area contributed by atoms with Gasteiger partial charge in [-0.25, -0.2) is 9.97 Å². The van der Waals surface area contributed by atoms with Crippen LogP contribution in [0.15, 0.2) is 24.5 Å². The van der Waals surface area contributed by atoms with E-state index < -0.39 is 11.9 Å². The van der Waals surface area contributed by atoms with Crippen molar-refractivity contribution in [3.05, 3.63) is 30.2 Å². The normalized spacial score (nSPS) is 11.7. The van der Waals surface area contributed by atoms with Gasteiger partial charge in [0, 0.05) is 12.4 Å². The number of hydrogen-bond acceptors (Lipinski definition) is 3. The van der Waals surface area contributed by atoms with E-state index in [1.54, 1.807) is 6.07 Å². The molecule has 4 nitrogen and oxygen atoms in total. The minimum absolute atomic E-state index is 0.0166. The van der Waals surface area contributed by atoms with E-state index in [2.05, 4.69) is 20.2 Å². The summed E-state index contributed by atoms with van der Waals surface area (Å²) in [4.78, 5) is 7.53. The molecule has 0 radical (unpaired) electrons. The van der Waals surface area contributed by atoms with E-state index >= 15 is 0 Å². The first-order valence-corrected chi connectivity index (χ1v) is 3.92. The summed E-state index contributed by atoms with van der Waals surface area (Å²) in [5, 5.41) is 6.37. The maximum absolute atomic E-state index is 12.2.